The molecule has 0 aliphatic heterocycles. The lowest BCUT2D eigenvalue weighted by Crippen LogP contribution is -2.25. The molecule has 4 rings (SSSR count). The minimum atomic E-state index is -0.515. The Hall–Kier alpha value is -5.48. The molecule has 0 spiro atoms. The first-order valence-corrected chi connectivity index (χ1v) is 11.8. The number of methoxy groups -OCH3 is 1. The Balaban J connectivity index is 0.000000216. The maximum atomic E-state index is 12.0. The van der Waals surface area contributed by atoms with Crippen molar-refractivity contribution in [1.82, 2.24) is 9.13 Å². The van der Waals surface area contributed by atoms with Gasteiger partial charge in [0, 0.05) is 12.4 Å². The van der Waals surface area contributed by atoms with E-state index >= 15 is 0 Å². The van der Waals surface area contributed by atoms with Gasteiger partial charge in [-0.15, -0.1) is 0 Å². The van der Waals surface area contributed by atoms with Gasteiger partial charge in [-0.3, -0.25) is 9.59 Å². The molecule has 1 N–H and O–H groups in total. The highest BCUT2D eigenvalue weighted by Gasteiger charge is 2.10. The second-order valence-electron chi connectivity index (χ2n) is 7.88. The fourth-order valence-corrected chi connectivity index (χ4v) is 3.41. The molecular formula is C29H26N4O6. The second kappa shape index (κ2) is 14.3. The molecule has 0 atom stereocenters. The molecule has 2 heterocycles. The van der Waals surface area contributed by atoms with E-state index in [1.807, 2.05) is 66.7 Å². The van der Waals surface area contributed by atoms with Crippen LogP contribution in [0.1, 0.15) is 11.1 Å². The van der Waals surface area contributed by atoms with E-state index < -0.39 is 5.56 Å². The molecule has 10 heteroatoms. The molecule has 2 aromatic heterocycles. The number of rotatable bonds is 9. The van der Waals surface area contributed by atoms with Gasteiger partial charge in [-0.25, -0.2) is 0 Å². The van der Waals surface area contributed by atoms with Gasteiger partial charge in [0.1, 0.15) is 48.4 Å². The summed E-state index contributed by atoms with van der Waals surface area (Å²) in [6, 6.07) is 25.1. The highest BCUT2D eigenvalue weighted by atomic mass is 16.5. The lowest BCUT2D eigenvalue weighted by molar-refractivity contribution is 0.295. The molecule has 2 aromatic carbocycles. The third-order valence-electron chi connectivity index (χ3n) is 5.40. The molecule has 0 aliphatic carbocycles. The first kappa shape index (κ1) is 28.1. The van der Waals surface area contributed by atoms with Crippen molar-refractivity contribution in [3.63, 3.8) is 0 Å². The van der Waals surface area contributed by atoms with E-state index in [-0.39, 0.29) is 28.2 Å². The minimum absolute atomic E-state index is 0.00899. The van der Waals surface area contributed by atoms with Crippen molar-refractivity contribution in [2.24, 2.45) is 0 Å². The van der Waals surface area contributed by atoms with E-state index in [1.54, 1.807) is 18.3 Å². The van der Waals surface area contributed by atoms with Crippen LogP contribution in [0.15, 0.2) is 94.8 Å². The summed E-state index contributed by atoms with van der Waals surface area (Å²) in [5.74, 6) is 1.45. The number of nitrogens with zero attached hydrogens (tertiary/aromatic N) is 4. The summed E-state index contributed by atoms with van der Waals surface area (Å²) in [7, 11) is 1.43. The molecule has 0 aliphatic rings. The number of benzene rings is 2. The number of nitriles is 2. The van der Waals surface area contributed by atoms with E-state index in [1.165, 1.54) is 28.5 Å². The topological polar surface area (TPSA) is 140 Å². The van der Waals surface area contributed by atoms with Crippen LogP contribution >= 0.6 is 0 Å². The van der Waals surface area contributed by atoms with E-state index in [9.17, 15) is 14.7 Å². The highest BCUT2D eigenvalue weighted by Crippen LogP contribution is 2.13. The Morgan fingerprint density at radius 1 is 0.718 bits per heavy atom. The van der Waals surface area contributed by atoms with Crippen LogP contribution in [-0.4, -0.2) is 34.6 Å². The quantitative estimate of drug-likeness (QED) is 0.350. The van der Waals surface area contributed by atoms with Crippen molar-refractivity contribution in [2.45, 2.75) is 13.1 Å². The average molecular weight is 527 g/mol. The summed E-state index contributed by atoms with van der Waals surface area (Å²) >= 11 is 0. The smallest absolute Gasteiger partial charge is 0.272 e. The van der Waals surface area contributed by atoms with Crippen molar-refractivity contribution >= 4 is 0 Å². The predicted octanol–water partition coefficient (Wildman–Crippen LogP) is 3.31. The SMILES string of the molecule is COc1ccn(CCOc2ccccc2)c(=O)c1C#N.N#Cc1c(O)ccn(CCOc2ccccc2)c1=O. The summed E-state index contributed by atoms with van der Waals surface area (Å²) in [5, 5.41) is 27.1. The summed E-state index contributed by atoms with van der Waals surface area (Å²) in [6.45, 7) is 1.33. The standard InChI is InChI=1S/C15H14N2O3.C14H12N2O3/c1-19-14-7-8-17(15(18)13(14)11-16)9-10-20-12-5-3-2-4-6-12;15-10-12-13(17)6-7-16(14(12)18)8-9-19-11-4-2-1-3-5-11/h2-8H,9-10H2,1H3;1-7,17H,8-9H2. The Morgan fingerprint density at radius 3 is 1.64 bits per heavy atom. The van der Waals surface area contributed by atoms with E-state index in [4.69, 9.17) is 24.7 Å². The van der Waals surface area contributed by atoms with Crippen LogP contribution in [0.3, 0.4) is 0 Å². The summed E-state index contributed by atoms with van der Waals surface area (Å²) in [5.41, 5.74) is -1.13. The monoisotopic (exact) mass is 526 g/mol. The van der Waals surface area contributed by atoms with E-state index in [0.717, 1.165) is 11.5 Å². The maximum Gasteiger partial charge on any atom is 0.272 e. The van der Waals surface area contributed by atoms with Gasteiger partial charge >= 0.3 is 0 Å². The molecule has 10 nitrogen and oxygen atoms in total. The lowest BCUT2D eigenvalue weighted by atomic mass is 10.2. The van der Waals surface area contributed by atoms with Crippen molar-refractivity contribution in [3.8, 4) is 35.1 Å². The number of hydrogen-bond donors (Lipinski definition) is 1. The third-order valence-corrected chi connectivity index (χ3v) is 5.40. The van der Waals surface area contributed by atoms with Crippen molar-refractivity contribution < 1.29 is 19.3 Å². The van der Waals surface area contributed by atoms with Crippen LogP contribution in [0.25, 0.3) is 0 Å². The normalized spacial score (nSPS) is 9.82. The zero-order valence-electron chi connectivity index (χ0n) is 21.2. The number of aromatic nitrogens is 2. The van der Waals surface area contributed by atoms with Gasteiger partial charge in [0.15, 0.2) is 11.1 Å². The fourth-order valence-electron chi connectivity index (χ4n) is 3.41. The maximum absolute atomic E-state index is 12.0. The van der Waals surface area contributed by atoms with Gasteiger partial charge in [-0.1, -0.05) is 36.4 Å². The molecule has 0 saturated carbocycles. The average Bonchev–Trinajstić information content (AvgIpc) is 2.96. The first-order chi connectivity index (χ1) is 19.0. The van der Waals surface area contributed by atoms with Crippen molar-refractivity contribution in [2.75, 3.05) is 20.3 Å². The van der Waals surface area contributed by atoms with Gasteiger partial charge in [0.25, 0.3) is 11.1 Å². The number of aromatic hydroxyl groups is 1. The van der Waals surface area contributed by atoms with Gasteiger partial charge in [-0.2, -0.15) is 10.5 Å². The van der Waals surface area contributed by atoms with Crippen LogP contribution < -0.4 is 25.3 Å². The Bertz CT molecular complexity index is 1570. The Morgan fingerprint density at radius 2 is 1.18 bits per heavy atom. The molecule has 39 heavy (non-hydrogen) atoms. The molecule has 0 saturated heterocycles. The molecule has 4 aromatic rings. The minimum Gasteiger partial charge on any atom is -0.506 e. The van der Waals surface area contributed by atoms with Crippen molar-refractivity contribution in [3.05, 3.63) is 117 Å². The molecule has 0 unspecified atom stereocenters. The van der Waals surface area contributed by atoms with E-state index in [0.29, 0.717) is 26.3 Å². The van der Waals surface area contributed by atoms with Crippen LogP contribution in [0.5, 0.6) is 23.0 Å². The number of ether oxygens (including phenoxy) is 3. The Labute approximate surface area is 224 Å². The summed E-state index contributed by atoms with van der Waals surface area (Å²) < 4.78 is 18.7. The second-order valence-corrected chi connectivity index (χ2v) is 7.88. The number of hydrogen-bond acceptors (Lipinski definition) is 8. The third kappa shape index (κ3) is 7.75. The van der Waals surface area contributed by atoms with E-state index in [2.05, 4.69) is 0 Å². The molecule has 0 amide bonds. The fraction of sp³-hybridized carbons (Fsp3) is 0.172. The van der Waals surface area contributed by atoms with Crippen molar-refractivity contribution in [1.29, 1.82) is 10.5 Å². The molecule has 0 fully saturated rings. The van der Waals surface area contributed by atoms with Crippen LogP contribution in [-0.2, 0) is 13.1 Å². The molecule has 0 radical (unpaired) electrons. The van der Waals surface area contributed by atoms with Crippen LogP contribution in [0, 0.1) is 22.7 Å². The molecule has 0 bridgehead atoms. The van der Waals surface area contributed by atoms with Crippen LogP contribution in [0.2, 0.25) is 0 Å². The molecular weight excluding hydrogens is 500 g/mol. The van der Waals surface area contributed by atoms with Gasteiger partial charge in [-0.05, 0) is 36.4 Å². The summed E-state index contributed by atoms with van der Waals surface area (Å²) in [6.07, 6.45) is 3.03. The predicted molar refractivity (Wildman–Crippen MR) is 143 cm³/mol. The number of pyridine rings is 2. The highest BCUT2D eigenvalue weighted by molar-refractivity contribution is 5.40. The lowest BCUT2D eigenvalue weighted by Gasteiger charge is -2.09. The van der Waals surface area contributed by atoms with Crippen LogP contribution in [0.4, 0.5) is 0 Å². The summed E-state index contributed by atoms with van der Waals surface area (Å²) in [4.78, 5) is 23.8. The molecule has 198 valence electrons. The van der Waals surface area contributed by atoms with Gasteiger partial charge < -0.3 is 28.5 Å². The largest absolute Gasteiger partial charge is 0.506 e. The zero-order valence-corrected chi connectivity index (χ0v) is 21.2. The van der Waals surface area contributed by atoms with Gasteiger partial charge in [0.05, 0.1) is 20.2 Å². The first-order valence-electron chi connectivity index (χ1n) is 11.8. The Kier molecular flexibility index (Phi) is 10.3. The number of para-hydroxylation sites is 2. The zero-order chi connectivity index (χ0) is 28.0. The van der Waals surface area contributed by atoms with Gasteiger partial charge in [0.2, 0.25) is 0 Å².